The van der Waals surface area contributed by atoms with E-state index in [1.165, 1.54) is 11.3 Å². The van der Waals surface area contributed by atoms with Gasteiger partial charge in [-0.3, -0.25) is 0 Å². The van der Waals surface area contributed by atoms with Gasteiger partial charge in [-0.15, -0.1) is 12.6 Å². The second-order valence-electron chi connectivity index (χ2n) is 2.62. The molecule has 0 amide bonds. The molecule has 2 rings (SSSR count). The largest absolute Gasteiger partial charge is 0.499 e. The van der Waals surface area contributed by atoms with Crippen LogP contribution in [0.1, 0.15) is 0 Å². The first kappa shape index (κ1) is 8.72. The predicted octanol–water partition coefficient (Wildman–Crippen LogP) is 2.90. The molecule has 1 N–H and O–H groups in total. The van der Waals surface area contributed by atoms with Crippen LogP contribution in [0.5, 0.6) is 10.8 Å². The summed E-state index contributed by atoms with van der Waals surface area (Å²) in [6.45, 7) is 0. The maximum atomic E-state index is 9.29. The summed E-state index contributed by atoms with van der Waals surface area (Å²) in [5, 5.41) is 10.6. The third-order valence-corrected chi connectivity index (χ3v) is 3.40. The fraction of sp³-hybridized carbons (Fsp3) is 0.111. The summed E-state index contributed by atoms with van der Waals surface area (Å²) in [4.78, 5) is 0.783. The average molecular weight is 212 g/mol. The Balaban J connectivity index is 2.78. The van der Waals surface area contributed by atoms with E-state index in [0.29, 0.717) is 5.06 Å². The highest BCUT2D eigenvalue weighted by Gasteiger charge is 2.07. The lowest BCUT2D eigenvalue weighted by atomic mass is 10.2. The molecule has 0 atom stereocenters. The van der Waals surface area contributed by atoms with Crippen molar-refractivity contribution in [3.05, 3.63) is 18.2 Å². The van der Waals surface area contributed by atoms with Crippen LogP contribution in [0.15, 0.2) is 23.1 Å². The van der Waals surface area contributed by atoms with Gasteiger partial charge in [0.2, 0.25) is 0 Å². The van der Waals surface area contributed by atoms with Crippen LogP contribution in [0.2, 0.25) is 0 Å². The molecule has 4 heteroatoms. The SMILES string of the molecule is COc1ccc2cc(O)sc2c1S. The minimum Gasteiger partial charge on any atom is -0.499 e. The number of ether oxygens (including phenoxy) is 1. The van der Waals surface area contributed by atoms with E-state index >= 15 is 0 Å². The lowest BCUT2D eigenvalue weighted by Crippen LogP contribution is -1.83. The number of thiol groups is 1. The number of benzene rings is 1. The Morgan fingerprint density at radius 3 is 2.92 bits per heavy atom. The average Bonchev–Trinajstić information content (AvgIpc) is 2.47. The number of thiophene rings is 1. The van der Waals surface area contributed by atoms with Crippen LogP contribution >= 0.6 is 24.0 Å². The fourth-order valence-electron chi connectivity index (χ4n) is 1.22. The Hall–Kier alpha value is -0.870. The summed E-state index contributed by atoms with van der Waals surface area (Å²) >= 11 is 5.64. The van der Waals surface area contributed by atoms with Crippen molar-refractivity contribution in [2.24, 2.45) is 0 Å². The number of methoxy groups -OCH3 is 1. The van der Waals surface area contributed by atoms with Gasteiger partial charge in [0.25, 0.3) is 0 Å². The number of fused-ring (bicyclic) bond motifs is 1. The van der Waals surface area contributed by atoms with Crippen LogP contribution in [-0.2, 0) is 0 Å². The van der Waals surface area contributed by atoms with Crippen LogP contribution in [0.4, 0.5) is 0 Å². The van der Waals surface area contributed by atoms with E-state index in [1.54, 1.807) is 13.2 Å². The van der Waals surface area contributed by atoms with E-state index in [4.69, 9.17) is 4.74 Å². The molecule has 13 heavy (non-hydrogen) atoms. The van der Waals surface area contributed by atoms with Gasteiger partial charge >= 0.3 is 0 Å². The first-order valence-electron chi connectivity index (χ1n) is 3.71. The lowest BCUT2D eigenvalue weighted by Gasteiger charge is -2.02. The van der Waals surface area contributed by atoms with Crippen molar-refractivity contribution in [3.8, 4) is 10.8 Å². The van der Waals surface area contributed by atoms with E-state index in [0.717, 1.165) is 20.7 Å². The third-order valence-electron chi connectivity index (χ3n) is 1.83. The highest BCUT2D eigenvalue weighted by Crippen LogP contribution is 2.39. The van der Waals surface area contributed by atoms with Crippen molar-refractivity contribution in [1.29, 1.82) is 0 Å². The summed E-state index contributed by atoms with van der Waals surface area (Å²) in [5.74, 6) is 0.734. The van der Waals surface area contributed by atoms with Crippen molar-refractivity contribution in [3.63, 3.8) is 0 Å². The zero-order valence-corrected chi connectivity index (χ0v) is 8.65. The molecule has 0 aliphatic carbocycles. The number of rotatable bonds is 1. The number of hydrogen-bond acceptors (Lipinski definition) is 4. The minimum atomic E-state index is 0.304. The monoisotopic (exact) mass is 212 g/mol. The first-order chi connectivity index (χ1) is 6.22. The topological polar surface area (TPSA) is 29.5 Å². The van der Waals surface area contributed by atoms with Gasteiger partial charge in [0, 0.05) is 0 Å². The summed E-state index contributed by atoms with van der Waals surface area (Å²) in [6.07, 6.45) is 0. The van der Waals surface area contributed by atoms with Crippen LogP contribution < -0.4 is 4.74 Å². The quantitative estimate of drug-likeness (QED) is 0.712. The molecule has 2 nitrogen and oxygen atoms in total. The molecular formula is C9H8O2S2. The Labute approximate surface area is 85.2 Å². The molecule has 2 aromatic rings. The molecular weight excluding hydrogens is 204 g/mol. The second-order valence-corrected chi connectivity index (χ2v) is 4.10. The molecule has 0 aliphatic rings. The van der Waals surface area contributed by atoms with Gasteiger partial charge in [-0.1, -0.05) is 11.3 Å². The van der Waals surface area contributed by atoms with E-state index < -0.39 is 0 Å². The lowest BCUT2D eigenvalue weighted by molar-refractivity contribution is 0.406. The summed E-state index contributed by atoms with van der Waals surface area (Å²) in [7, 11) is 1.61. The smallest absolute Gasteiger partial charge is 0.172 e. The van der Waals surface area contributed by atoms with E-state index in [-0.39, 0.29) is 0 Å². The molecule has 0 spiro atoms. The molecule has 1 heterocycles. The van der Waals surface area contributed by atoms with Crippen molar-refractivity contribution in [1.82, 2.24) is 0 Å². The fourth-order valence-corrected chi connectivity index (χ4v) is 2.49. The van der Waals surface area contributed by atoms with Crippen molar-refractivity contribution >= 4 is 34.1 Å². The second kappa shape index (κ2) is 3.12. The number of aromatic hydroxyl groups is 1. The van der Waals surface area contributed by atoms with E-state index in [9.17, 15) is 5.11 Å². The van der Waals surface area contributed by atoms with Gasteiger partial charge in [-0.25, -0.2) is 0 Å². The van der Waals surface area contributed by atoms with Crippen molar-refractivity contribution in [2.45, 2.75) is 4.90 Å². The highest BCUT2D eigenvalue weighted by atomic mass is 32.1. The van der Waals surface area contributed by atoms with Gasteiger partial charge in [0.15, 0.2) is 5.06 Å². The zero-order chi connectivity index (χ0) is 9.42. The highest BCUT2D eigenvalue weighted by molar-refractivity contribution is 7.81. The van der Waals surface area contributed by atoms with Crippen molar-refractivity contribution < 1.29 is 9.84 Å². The maximum Gasteiger partial charge on any atom is 0.172 e. The molecule has 1 aromatic heterocycles. The van der Waals surface area contributed by atoms with Gasteiger partial charge in [-0.05, 0) is 23.6 Å². The van der Waals surface area contributed by atoms with Crippen LogP contribution in [-0.4, -0.2) is 12.2 Å². The van der Waals surface area contributed by atoms with Crippen LogP contribution in [0.25, 0.3) is 10.1 Å². The third kappa shape index (κ3) is 1.36. The van der Waals surface area contributed by atoms with Crippen molar-refractivity contribution in [2.75, 3.05) is 7.11 Å². The Bertz CT molecular complexity index is 448. The van der Waals surface area contributed by atoms with Gasteiger partial charge in [0.1, 0.15) is 5.75 Å². The van der Waals surface area contributed by atoms with Gasteiger partial charge in [0.05, 0.1) is 16.7 Å². The summed E-state index contributed by atoms with van der Waals surface area (Å²) in [6, 6.07) is 5.47. The molecule has 0 bridgehead atoms. The molecule has 68 valence electrons. The Morgan fingerprint density at radius 2 is 2.23 bits per heavy atom. The standard InChI is InChI=1S/C9H8O2S2/c1-11-6-3-2-5-4-7(10)13-9(5)8(6)12/h2-4,10,12H,1H3. The van der Waals surface area contributed by atoms with E-state index in [2.05, 4.69) is 12.6 Å². The molecule has 0 saturated carbocycles. The number of hydrogen-bond donors (Lipinski definition) is 2. The molecule has 1 aromatic carbocycles. The summed E-state index contributed by atoms with van der Waals surface area (Å²) in [5.41, 5.74) is 0. The first-order valence-corrected chi connectivity index (χ1v) is 4.97. The van der Waals surface area contributed by atoms with Gasteiger partial charge in [-0.2, -0.15) is 0 Å². The molecule has 0 saturated heterocycles. The Kier molecular flexibility index (Phi) is 2.09. The zero-order valence-electron chi connectivity index (χ0n) is 6.94. The Morgan fingerprint density at radius 1 is 1.46 bits per heavy atom. The minimum absolute atomic E-state index is 0.304. The summed E-state index contributed by atoms with van der Waals surface area (Å²) < 4.78 is 6.07. The molecule has 0 radical (unpaired) electrons. The van der Waals surface area contributed by atoms with E-state index in [1.807, 2.05) is 12.1 Å². The molecule has 0 aliphatic heterocycles. The van der Waals surface area contributed by atoms with Gasteiger partial charge < -0.3 is 9.84 Å². The van der Waals surface area contributed by atoms with Crippen LogP contribution in [0, 0.1) is 0 Å². The maximum absolute atomic E-state index is 9.29. The molecule has 0 fully saturated rings. The predicted molar refractivity (Wildman–Crippen MR) is 57.3 cm³/mol. The van der Waals surface area contributed by atoms with Crippen LogP contribution in [0.3, 0.4) is 0 Å². The normalized spacial score (nSPS) is 10.6. The molecule has 0 unspecified atom stereocenters.